The van der Waals surface area contributed by atoms with E-state index in [-0.39, 0.29) is 10.8 Å². The number of aromatic nitrogens is 1. The fourth-order valence-corrected chi connectivity index (χ4v) is 4.49. The number of nitrogens with zero attached hydrogens (tertiary/aromatic N) is 1. The minimum absolute atomic E-state index is 0.120. The Labute approximate surface area is 178 Å². The van der Waals surface area contributed by atoms with E-state index in [1.807, 2.05) is 23.6 Å². The van der Waals surface area contributed by atoms with Crippen LogP contribution in [-0.2, 0) is 10.8 Å². The van der Waals surface area contributed by atoms with Gasteiger partial charge in [0.05, 0.1) is 10.4 Å². The quantitative estimate of drug-likeness (QED) is 0.331. The molecule has 4 rings (SSSR count). The van der Waals surface area contributed by atoms with Crippen molar-refractivity contribution in [1.29, 1.82) is 0 Å². The van der Waals surface area contributed by atoms with Crippen molar-refractivity contribution in [2.24, 2.45) is 0 Å². The monoisotopic (exact) mass is 399 g/mol. The second-order valence-electron chi connectivity index (χ2n) is 9.88. The van der Waals surface area contributed by atoms with Gasteiger partial charge < -0.3 is 0 Å². The number of thiophene rings is 1. The van der Waals surface area contributed by atoms with Gasteiger partial charge in [0.2, 0.25) is 0 Å². The van der Waals surface area contributed by atoms with Crippen molar-refractivity contribution in [3.05, 3.63) is 78.0 Å². The van der Waals surface area contributed by atoms with Gasteiger partial charge in [-0.2, -0.15) is 0 Å². The van der Waals surface area contributed by atoms with Gasteiger partial charge in [-0.05, 0) is 57.2 Å². The first kappa shape index (κ1) is 19.8. The smallest absolute Gasteiger partial charge is 0.0709 e. The van der Waals surface area contributed by atoms with Crippen LogP contribution >= 0.6 is 11.3 Å². The highest BCUT2D eigenvalue weighted by molar-refractivity contribution is 7.22. The first-order valence-corrected chi connectivity index (χ1v) is 11.0. The van der Waals surface area contributed by atoms with E-state index < -0.39 is 0 Å². The number of hydrogen-bond acceptors (Lipinski definition) is 2. The Kier molecular flexibility index (Phi) is 4.86. The van der Waals surface area contributed by atoms with Crippen LogP contribution < -0.4 is 0 Å². The second kappa shape index (κ2) is 7.11. The summed E-state index contributed by atoms with van der Waals surface area (Å²) in [6.07, 6.45) is 2.02. The molecule has 2 aromatic heterocycles. The Morgan fingerprint density at radius 2 is 1.31 bits per heavy atom. The molecule has 0 bridgehead atoms. The Morgan fingerprint density at radius 3 is 1.90 bits per heavy atom. The number of pyridine rings is 1. The fraction of sp³-hybridized carbons (Fsp3) is 0.296. The van der Waals surface area contributed by atoms with Crippen molar-refractivity contribution in [1.82, 2.24) is 4.98 Å². The zero-order valence-corrected chi connectivity index (χ0v) is 19.0. The zero-order chi connectivity index (χ0) is 20.8. The molecule has 0 aliphatic rings. The van der Waals surface area contributed by atoms with E-state index in [9.17, 15) is 0 Å². The molecule has 0 unspecified atom stereocenters. The lowest BCUT2D eigenvalue weighted by Crippen LogP contribution is -2.16. The Bertz CT molecular complexity index is 1120. The summed E-state index contributed by atoms with van der Waals surface area (Å²) in [5.41, 5.74) is 6.52. The molecule has 148 valence electrons. The van der Waals surface area contributed by atoms with Crippen molar-refractivity contribution in [3.8, 4) is 21.7 Å². The van der Waals surface area contributed by atoms with E-state index >= 15 is 0 Å². The van der Waals surface area contributed by atoms with Crippen LogP contribution in [0.5, 0.6) is 0 Å². The average Bonchev–Trinajstić information content (AvgIpc) is 3.10. The summed E-state index contributed by atoms with van der Waals surface area (Å²) in [7, 11) is 0. The molecule has 4 aromatic rings. The van der Waals surface area contributed by atoms with Crippen LogP contribution in [0.2, 0.25) is 0 Å². The first-order valence-electron chi connectivity index (χ1n) is 10.2. The molecule has 0 spiro atoms. The van der Waals surface area contributed by atoms with E-state index in [0.29, 0.717) is 0 Å². The minimum Gasteiger partial charge on any atom is -0.255 e. The van der Waals surface area contributed by atoms with Crippen LogP contribution in [0.1, 0.15) is 52.7 Å². The molecule has 0 aliphatic heterocycles. The van der Waals surface area contributed by atoms with Gasteiger partial charge in [0.25, 0.3) is 0 Å². The number of benzene rings is 2. The summed E-state index contributed by atoms with van der Waals surface area (Å²) in [6, 6.07) is 22.0. The molecule has 29 heavy (non-hydrogen) atoms. The molecule has 0 saturated carbocycles. The maximum absolute atomic E-state index is 4.71. The van der Waals surface area contributed by atoms with Gasteiger partial charge in [-0.25, -0.2) is 0 Å². The molecule has 0 aliphatic carbocycles. The molecule has 1 nitrogen and oxygen atoms in total. The summed E-state index contributed by atoms with van der Waals surface area (Å²) >= 11 is 1.83. The van der Waals surface area contributed by atoms with Gasteiger partial charge in [-0.1, -0.05) is 77.9 Å². The molecule has 0 saturated heterocycles. The summed E-state index contributed by atoms with van der Waals surface area (Å²) in [6.45, 7) is 13.7. The molecule has 0 radical (unpaired) electrons. The van der Waals surface area contributed by atoms with Gasteiger partial charge in [0.1, 0.15) is 0 Å². The molecule has 2 aromatic carbocycles. The molecule has 0 atom stereocenters. The van der Waals surface area contributed by atoms with Crippen LogP contribution in [-0.4, -0.2) is 4.98 Å². The number of fused-ring (bicyclic) bond motifs is 1. The third-order valence-corrected chi connectivity index (χ3v) is 6.56. The number of rotatable bonds is 2. The summed E-state index contributed by atoms with van der Waals surface area (Å²) in [5.74, 6) is 0. The maximum atomic E-state index is 4.71. The topological polar surface area (TPSA) is 12.9 Å². The largest absolute Gasteiger partial charge is 0.255 e. The molecule has 0 amide bonds. The molecule has 0 fully saturated rings. The maximum Gasteiger partial charge on any atom is 0.0709 e. The Morgan fingerprint density at radius 1 is 0.690 bits per heavy atom. The van der Waals surface area contributed by atoms with Crippen LogP contribution in [0, 0.1) is 0 Å². The fourth-order valence-electron chi connectivity index (χ4n) is 3.49. The normalized spacial score (nSPS) is 12.5. The highest BCUT2D eigenvalue weighted by atomic mass is 32.1. The van der Waals surface area contributed by atoms with Crippen LogP contribution in [0.15, 0.2) is 66.9 Å². The molecular weight excluding hydrogens is 370 g/mol. The highest BCUT2D eigenvalue weighted by Crippen LogP contribution is 2.39. The predicted molar refractivity (Wildman–Crippen MR) is 128 cm³/mol. The van der Waals surface area contributed by atoms with Crippen molar-refractivity contribution < 1.29 is 0 Å². The van der Waals surface area contributed by atoms with E-state index in [1.54, 1.807) is 0 Å². The van der Waals surface area contributed by atoms with Gasteiger partial charge >= 0.3 is 0 Å². The SMILES string of the molecule is CC(C)(C)c1cc(-c2cc3cc(-c4ccccc4)ncc3s2)cc(C(C)(C)C)c1. The van der Waals surface area contributed by atoms with Crippen molar-refractivity contribution >= 4 is 21.4 Å². The lowest BCUT2D eigenvalue weighted by Gasteiger charge is -2.26. The Hall–Kier alpha value is -2.45. The molecule has 2 heteroatoms. The van der Waals surface area contributed by atoms with E-state index in [1.165, 1.54) is 31.7 Å². The standard InChI is InChI=1S/C27H29NS/c1-26(2,3)21-12-19(13-22(16-21)27(4,5)6)24-15-20-14-23(28-17-25(20)29-24)18-10-8-7-9-11-18/h7-17H,1-6H3. The third-order valence-electron chi connectivity index (χ3n) is 5.42. The highest BCUT2D eigenvalue weighted by Gasteiger charge is 2.21. The Balaban J connectivity index is 1.84. The first-order chi connectivity index (χ1) is 13.6. The second-order valence-corrected chi connectivity index (χ2v) is 11.0. The third kappa shape index (κ3) is 4.13. The minimum atomic E-state index is 0.120. The van der Waals surface area contributed by atoms with E-state index in [4.69, 9.17) is 4.98 Å². The van der Waals surface area contributed by atoms with Gasteiger partial charge in [0, 0.05) is 16.6 Å². The van der Waals surface area contributed by atoms with E-state index in [2.05, 4.69) is 96.1 Å². The predicted octanol–water partition coefficient (Wildman–Crippen LogP) is 8.23. The van der Waals surface area contributed by atoms with Crippen molar-refractivity contribution in [2.75, 3.05) is 0 Å². The summed E-state index contributed by atoms with van der Waals surface area (Å²) in [5, 5.41) is 1.26. The van der Waals surface area contributed by atoms with Gasteiger partial charge in [-0.15, -0.1) is 11.3 Å². The van der Waals surface area contributed by atoms with Crippen molar-refractivity contribution in [2.45, 2.75) is 52.4 Å². The van der Waals surface area contributed by atoms with Gasteiger partial charge in [-0.3, -0.25) is 4.98 Å². The van der Waals surface area contributed by atoms with Crippen LogP contribution in [0.25, 0.3) is 31.8 Å². The van der Waals surface area contributed by atoms with Crippen molar-refractivity contribution in [3.63, 3.8) is 0 Å². The average molecular weight is 400 g/mol. The zero-order valence-electron chi connectivity index (χ0n) is 18.2. The van der Waals surface area contributed by atoms with Crippen LogP contribution in [0.3, 0.4) is 0 Å². The van der Waals surface area contributed by atoms with E-state index in [0.717, 1.165) is 11.3 Å². The van der Waals surface area contributed by atoms with Crippen LogP contribution in [0.4, 0.5) is 0 Å². The number of hydrogen-bond donors (Lipinski definition) is 0. The lowest BCUT2D eigenvalue weighted by molar-refractivity contribution is 0.569. The van der Waals surface area contributed by atoms with Gasteiger partial charge in [0.15, 0.2) is 0 Å². The molecule has 2 heterocycles. The summed E-state index contributed by atoms with van der Waals surface area (Å²) in [4.78, 5) is 6.02. The molecule has 0 N–H and O–H groups in total. The summed E-state index contributed by atoms with van der Waals surface area (Å²) < 4.78 is 1.23. The molecular formula is C27H29NS. The lowest BCUT2D eigenvalue weighted by atomic mass is 9.79.